The highest BCUT2D eigenvalue weighted by molar-refractivity contribution is 9.10. The molecule has 0 fully saturated rings. The van der Waals surface area contributed by atoms with Gasteiger partial charge in [-0.2, -0.15) is 5.10 Å². The number of nitrogens with zero attached hydrogens (tertiary/aromatic N) is 2. The lowest BCUT2D eigenvalue weighted by Crippen LogP contribution is -2.30. The zero-order valence-corrected chi connectivity index (χ0v) is 7.41. The van der Waals surface area contributed by atoms with E-state index in [-0.39, 0.29) is 4.60 Å². The van der Waals surface area contributed by atoms with Crippen molar-refractivity contribution >= 4 is 25.3 Å². The number of halogens is 1. The van der Waals surface area contributed by atoms with E-state index in [2.05, 4.69) is 26.1 Å². The standard InChI is InChI=1S/C3H3BrN3O2P/c4-1-2(8)7(10)3(9)6-5-1/h10H2,(H,6,9). The Morgan fingerprint density at radius 1 is 1.60 bits per heavy atom. The van der Waals surface area contributed by atoms with Crippen LogP contribution in [0.25, 0.3) is 0 Å². The van der Waals surface area contributed by atoms with Crippen LogP contribution in [0.2, 0.25) is 0 Å². The summed E-state index contributed by atoms with van der Waals surface area (Å²) in [6.07, 6.45) is 0. The minimum absolute atomic E-state index is 0.0853. The van der Waals surface area contributed by atoms with E-state index < -0.39 is 11.2 Å². The fourth-order valence-electron chi connectivity index (χ4n) is 0.390. The van der Waals surface area contributed by atoms with Gasteiger partial charge >= 0.3 is 5.69 Å². The Kier molecular flexibility index (Phi) is 2.01. The molecule has 0 amide bonds. The summed E-state index contributed by atoms with van der Waals surface area (Å²) in [4.78, 5) is 21.4. The number of hydrogen-bond acceptors (Lipinski definition) is 3. The molecular weight excluding hydrogens is 221 g/mol. The van der Waals surface area contributed by atoms with E-state index in [1.54, 1.807) is 0 Å². The van der Waals surface area contributed by atoms with Crippen LogP contribution in [-0.2, 0) is 0 Å². The van der Waals surface area contributed by atoms with Gasteiger partial charge in [0.2, 0.25) is 0 Å². The third kappa shape index (κ3) is 1.17. The number of hydrogen-bond donors (Lipinski definition) is 1. The Hall–Kier alpha value is -0.480. The van der Waals surface area contributed by atoms with E-state index in [1.165, 1.54) is 0 Å². The molecule has 54 valence electrons. The molecular formula is C3H3BrN3O2P. The third-order valence-corrected chi connectivity index (χ3v) is 1.85. The predicted molar refractivity (Wildman–Crippen MR) is 41.9 cm³/mol. The molecule has 0 saturated heterocycles. The van der Waals surface area contributed by atoms with E-state index in [1.807, 2.05) is 9.39 Å². The summed E-state index contributed by atoms with van der Waals surface area (Å²) in [5.41, 5.74) is -1.04. The average molecular weight is 224 g/mol. The first-order chi connectivity index (χ1) is 4.63. The average Bonchev–Trinajstić information content (AvgIpc) is 1.93. The van der Waals surface area contributed by atoms with Gasteiger partial charge in [0.15, 0.2) is 4.60 Å². The summed E-state index contributed by atoms with van der Waals surface area (Å²) >= 11 is 2.85. The van der Waals surface area contributed by atoms with Gasteiger partial charge < -0.3 is 0 Å². The quantitative estimate of drug-likeness (QED) is 0.594. The maximum Gasteiger partial charge on any atom is 0.347 e. The molecule has 1 rings (SSSR count). The van der Waals surface area contributed by atoms with Crippen molar-refractivity contribution in [3.63, 3.8) is 0 Å². The zero-order valence-electron chi connectivity index (χ0n) is 4.67. The molecule has 10 heavy (non-hydrogen) atoms. The summed E-state index contributed by atoms with van der Waals surface area (Å²) in [5, 5.41) is 5.47. The van der Waals surface area contributed by atoms with Gasteiger partial charge in [0.25, 0.3) is 5.56 Å². The van der Waals surface area contributed by atoms with Crippen molar-refractivity contribution in [2.45, 2.75) is 0 Å². The van der Waals surface area contributed by atoms with Crippen LogP contribution in [0.4, 0.5) is 0 Å². The lowest BCUT2D eigenvalue weighted by molar-refractivity contribution is 0.839. The SMILES string of the molecule is O=c1[nH]nc(Br)c(=O)n1P. The van der Waals surface area contributed by atoms with Crippen molar-refractivity contribution in [3.8, 4) is 0 Å². The fraction of sp³-hybridized carbons (Fsp3) is 0. The highest BCUT2D eigenvalue weighted by Crippen LogP contribution is 1.92. The van der Waals surface area contributed by atoms with Crippen molar-refractivity contribution in [2.24, 2.45) is 0 Å². The molecule has 0 bridgehead atoms. The van der Waals surface area contributed by atoms with Crippen LogP contribution in [0.1, 0.15) is 0 Å². The van der Waals surface area contributed by atoms with Crippen LogP contribution in [0.3, 0.4) is 0 Å². The maximum absolute atomic E-state index is 10.8. The first-order valence-corrected chi connectivity index (χ1v) is 3.56. The molecule has 0 aliphatic heterocycles. The minimum Gasteiger partial charge on any atom is -0.266 e. The highest BCUT2D eigenvalue weighted by atomic mass is 79.9. The Balaban J connectivity index is 3.66. The van der Waals surface area contributed by atoms with Crippen molar-refractivity contribution in [1.82, 2.24) is 14.5 Å². The molecule has 5 nitrogen and oxygen atoms in total. The van der Waals surface area contributed by atoms with Crippen LogP contribution >= 0.6 is 25.3 Å². The molecule has 0 spiro atoms. The molecule has 1 unspecified atom stereocenters. The van der Waals surface area contributed by atoms with Crippen LogP contribution < -0.4 is 11.2 Å². The first kappa shape index (κ1) is 7.63. The van der Waals surface area contributed by atoms with Gasteiger partial charge in [-0.15, -0.1) is 0 Å². The summed E-state index contributed by atoms with van der Waals surface area (Å²) in [6, 6.07) is 0. The first-order valence-electron chi connectivity index (χ1n) is 2.25. The Morgan fingerprint density at radius 3 is 2.70 bits per heavy atom. The second kappa shape index (κ2) is 2.64. The van der Waals surface area contributed by atoms with Crippen molar-refractivity contribution in [1.29, 1.82) is 0 Å². The monoisotopic (exact) mass is 223 g/mol. The molecule has 0 aromatic carbocycles. The number of aromatic amines is 1. The van der Waals surface area contributed by atoms with Gasteiger partial charge in [0.05, 0.1) is 0 Å². The van der Waals surface area contributed by atoms with Gasteiger partial charge in [-0.25, -0.2) is 14.2 Å². The number of H-pyrrole nitrogens is 1. The van der Waals surface area contributed by atoms with Crippen molar-refractivity contribution < 1.29 is 0 Å². The smallest absolute Gasteiger partial charge is 0.266 e. The molecule has 0 saturated carbocycles. The van der Waals surface area contributed by atoms with E-state index in [0.29, 0.717) is 0 Å². The van der Waals surface area contributed by atoms with Crippen LogP contribution in [0, 0.1) is 0 Å². The molecule has 1 atom stereocenters. The summed E-state index contributed by atoms with van der Waals surface area (Å²) in [6.45, 7) is 0. The molecule has 1 aromatic rings. The van der Waals surface area contributed by atoms with Crippen molar-refractivity contribution in [2.75, 3.05) is 0 Å². The summed E-state index contributed by atoms with van der Waals surface area (Å²) < 4.78 is 0.930. The Labute approximate surface area is 65.8 Å². The van der Waals surface area contributed by atoms with Crippen molar-refractivity contribution in [3.05, 3.63) is 25.4 Å². The zero-order chi connectivity index (χ0) is 7.72. The molecule has 7 heteroatoms. The van der Waals surface area contributed by atoms with E-state index >= 15 is 0 Å². The van der Waals surface area contributed by atoms with Crippen LogP contribution in [0.15, 0.2) is 14.2 Å². The molecule has 0 aliphatic carbocycles. The van der Waals surface area contributed by atoms with Gasteiger partial charge in [0.1, 0.15) is 0 Å². The van der Waals surface area contributed by atoms with E-state index in [0.717, 1.165) is 4.34 Å². The maximum atomic E-state index is 10.8. The van der Waals surface area contributed by atoms with Gasteiger partial charge in [-0.3, -0.25) is 4.79 Å². The fourth-order valence-corrected chi connectivity index (χ4v) is 1.04. The normalized spacial score (nSPS) is 9.80. The largest absolute Gasteiger partial charge is 0.347 e. The van der Waals surface area contributed by atoms with Crippen LogP contribution in [-0.4, -0.2) is 14.5 Å². The second-order valence-electron chi connectivity index (χ2n) is 1.49. The predicted octanol–water partition coefficient (Wildman–Crippen LogP) is -0.668. The summed E-state index contributed by atoms with van der Waals surface area (Å²) in [7, 11) is 1.97. The number of rotatable bonds is 0. The topological polar surface area (TPSA) is 67.8 Å². The van der Waals surface area contributed by atoms with Gasteiger partial charge in [-0.05, 0) is 25.3 Å². The molecule has 0 aliphatic rings. The van der Waals surface area contributed by atoms with E-state index in [9.17, 15) is 9.59 Å². The second-order valence-corrected chi connectivity index (χ2v) is 2.76. The third-order valence-electron chi connectivity index (χ3n) is 0.864. The molecule has 1 heterocycles. The van der Waals surface area contributed by atoms with E-state index in [4.69, 9.17) is 0 Å². The highest BCUT2D eigenvalue weighted by Gasteiger charge is 1.99. The summed E-state index contributed by atoms with van der Waals surface area (Å²) in [5.74, 6) is 0. The van der Waals surface area contributed by atoms with Gasteiger partial charge in [-0.1, -0.05) is 0 Å². The Morgan fingerprint density at radius 2 is 2.20 bits per heavy atom. The minimum atomic E-state index is -0.557. The lowest BCUT2D eigenvalue weighted by Gasteiger charge is -1.91. The number of nitrogens with one attached hydrogen (secondary N) is 1. The molecule has 1 aromatic heterocycles. The van der Waals surface area contributed by atoms with Crippen LogP contribution in [0.5, 0.6) is 0 Å². The van der Waals surface area contributed by atoms with Gasteiger partial charge in [0, 0.05) is 0 Å². The number of aromatic nitrogens is 3. The lowest BCUT2D eigenvalue weighted by atomic mass is 10.9. The molecule has 0 radical (unpaired) electrons. The molecule has 1 N–H and O–H groups in total. The Bertz CT molecular complexity index is 356.